The van der Waals surface area contributed by atoms with Gasteiger partial charge in [0.15, 0.2) is 0 Å². The molecular weight excluding hydrogens is 313 g/mol. The topological polar surface area (TPSA) is 75.6 Å². The number of carbonyl (C=O) groups excluding carboxylic acids is 1. The molecule has 1 aliphatic rings. The number of ether oxygens (including phenoxy) is 1. The molecule has 1 saturated heterocycles. The highest BCUT2D eigenvalue weighted by Crippen LogP contribution is 2.24. The van der Waals surface area contributed by atoms with E-state index in [4.69, 9.17) is 21.4 Å². The number of carboxylic acids is 1. The lowest BCUT2D eigenvalue weighted by Crippen LogP contribution is -2.37. The summed E-state index contributed by atoms with van der Waals surface area (Å²) in [5.74, 6) is -2.16. The van der Waals surface area contributed by atoms with Crippen molar-refractivity contribution >= 4 is 23.5 Å². The SMILES string of the molecule is O=C(O)C[C@H](NC(=O)C1CCOCC1)c1ccc(Cl)c(F)c1. The molecule has 1 fully saturated rings. The number of hydrogen-bond acceptors (Lipinski definition) is 3. The Labute approximate surface area is 132 Å². The Balaban J connectivity index is 2.12. The highest BCUT2D eigenvalue weighted by molar-refractivity contribution is 6.30. The summed E-state index contributed by atoms with van der Waals surface area (Å²) >= 11 is 5.63. The molecule has 5 nitrogen and oxygen atoms in total. The van der Waals surface area contributed by atoms with Gasteiger partial charge < -0.3 is 15.2 Å². The lowest BCUT2D eigenvalue weighted by atomic mass is 9.97. The number of carboxylic acid groups (broad SMARTS) is 1. The van der Waals surface area contributed by atoms with Crippen LogP contribution in [0.1, 0.15) is 30.9 Å². The molecule has 7 heteroatoms. The fourth-order valence-electron chi connectivity index (χ4n) is 2.41. The molecular formula is C15H17ClFNO4. The zero-order valence-corrected chi connectivity index (χ0v) is 12.6. The standard InChI is InChI=1S/C15H17ClFNO4/c16-11-2-1-10(7-12(11)17)13(8-14(19)20)18-15(21)9-3-5-22-6-4-9/h1-2,7,9,13H,3-6,8H2,(H,18,21)(H,19,20)/t13-/m0/s1. The molecule has 0 spiro atoms. The molecule has 1 aromatic carbocycles. The van der Waals surface area contributed by atoms with Gasteiger partial charge in [-0.3, -0.25) is 9.59 Å². The Bertz CT molecular complexity index is 560. The molecule has 0 bridgehead atoms. The van der Waals surface area contributed by atoms with E-state index >= 15 is 0 Å². The van der Waals surface area contributed by atoms with Crippen molar-refractivity contribution in [2.75, 3.05) is 13.2 Å². The lowest BCUT2D eigenvalue weighted by Gasteiger charge is -2.24. The average molecular weight is 330 g/mol. The molecule has 0 radical (unpaired) electrons. The van der Waals surface area contributed by atoms with Gasteiger partial charge in [-0.2, -0.15) is 0 Å². The van der Waals surface area contributed by atoms with Crippen LogP contribution in [-0.4, -0.2) is 30.2 Å². The Morgan fingerprint density at radius 3 is 2.68 bits per heavy atom. The van der Waals surface area contributed by atoms with Crippen molar-refractivity contribution in [1.82, 2.24) is 5.32 Å². The summed E-state index contributed by atoms with van der Waals surface area (Å²) < 4.78 is 18.8. The van der Waals surface area contributed by atoms with Crippen molar-refractivity contribution in [3.05, 3.63) is 34.6 Å². The zero-order chi connectivity index (χ0) is 16.1. The third-order valence-corrected chi connectivity index (χ3v) is 3.94. The van der Waals surface area contributed by atoms with Gasteiger partial charge in [0.25, 0.3) is 0 Å². The van der Waals surface area contributed by atoms with E-state index in [1.807, 2.05) is 0 Å². The Hall–Kier alpha value is -1.66. The van der Waals surface area contributed by atoms with Crippen LogP contribution in [0.15, 0.2) is 18.2 Å². The van der Waals surface area contributed by atoms with Gasteiger partial charge in [-0.05, 0) is 30.5 Å². The predicted octanol–water partition coefficient (Wildman–Crippen LogP) is 2.54. The Morgan fingerprint density at radius 1 is 1.41 bits per heavy atom. The number of rotatable bonds is 5. The molecule has 1 aliphatic heterocycles. The molecule has 1 atom stereocenters. The molecule has 2 N–H and O–H groups in total. The van der Waals surface area contributed by atoms with E-state index in [0.717, 1.165) is 6.07 Å². The van der Waals surface area contributed by atoms with Gasteiger partial charge in [0, 0.05) is 19.1 Å². The average Bonchev–Trinajstić information content (AvgIpc) is 2.49. The maximum Gasteiger partial charge on any atom is 0.305 e. The predicted molar refractivity (Wildman–Crippen MR) is 78.1 cm³/mol. The van der Waals surface area contributed by atoms with Crippen LogP contribution >= 0.6 is 11.6 Å². The minimum absolute atomic E-state index is 0.0476. The summed E-state index contributed by atoms with van der Waals surface area (Å²) in [7, 11) is 0. The van der Waals surface area contributed by atoms with E-state index in [1.54, 1.807) is 0 Å². The quantitative estimate of drug-likeness (QED) is 0.870. The van der Waals surface area contributed by atoms with E-state index in [1.165, 1.54) is 12.1 Å². The van der Waals surface area contributed by atoms with E-state index in [9.17, 15) is 14.0 Å². The minimum atomic E-state index is -1.08. The first-order chi connectivity index (χ1) is 10.5. The summed E-state index contributed by atoms with van der Waals surface area (Å²) in [6.45, 7) is 1.02. The van der Waals surface area contributed by atoms with Crippen LogP contribution in [0.4, 0.5) is 4.39 Å². The molecule has 0 aliphatic carbocycles. The number of amides is 1. The summed E-state index contributed by atoms with van der Waals surface area (Å²) in [4.78, 5) is 23.2. The normalized spacial score (nSPS) is 17.0. The second-order valence-corrected chi connectivity index (χ2v) is 5.63. The van der Waals surface area contributed by atoms with Crippen LogP contribution in [0.3, 0.4) is 0 Å². The van der Waals surface area contributed by atoms with Crippen LogP contribution in [0.25, 0.3) is 0 Å². The van der Waals surface area contributed by atoms with Crippen molar-refractivity contribution in [2.24, 2.45) is 5.92 Å². The van der Waals surface area contributed by atoms with E-state index in [2.05, 4.69) is 5.32 Å². The van der Waals surface area contributed by atoms with Crippen molar-refractivity contribution in [1.29, 1.82) is 0 Å². The van der Waals surface area contributed by atoms with Crippen LogP contribution < -0.4 is 5.32 Å². The number of carbonyl (C=O) groups is 2. The van der Waals surface area contributed by atoms with Crippen molar-refractivity contribution in [2.45, 2.75) is 25.3 Å². The van der Waals surface area contributed by atoms with Gasteiger partial charge >= 0.3 is 5.97 Å². The number of hydrogen-bond donors (Lipinski definition) is 2. The smallest absolute Gasteiger partial charge is 0.305 e. The Kier molecular flexibility index (Phi) is 5.74. The first kappa shape index (κ1) is 16.7. The van der Waals surface area contributed by atoms with Gasteiger partial charge in [0.05, 0.1) is 17.5 Å². The lowest BCUT2D eigenvalue weighted by molar-refractivity contribution is -0.138. The Morgan fingerprint density at radius 2 is 2.09 bits per heavy atom. The van der Waals surface area contributed by atoms with Crippen molar-refractivity contribution < 1.29 is 23.8 Å². The summed E-state index contributed by atoms with van der Waals surface area (Å²) in [5.41, 5.74) is 0.379. The van der Waals surface area contributed by atoms with Gasteiger partial charge in [0.1, 0.15) is 5.82 Å². The number of aliphatic carboxylic acids is 1. The van der Waals surface area contributed by atoms with E-state index < -0.39 is 17.8 Å². The second kappa shape index (κ2) is 7.56. The third-order valence-electron chi connectivity index (χ3n) is 3.63. The maximum absolute atomic E-state index is 13.6. The maximum atomic E-state index is 13.6. The minimum Gasteiger partial charge on any atom is -0.481 e. The van der Waals surface area contributed by atoms with Crippen LogP contribution in [0.2, 0.25) is 5.02 Å². The highest BCUT2D eigenvalue weighted by atomic mass is 35.5. The van der Waals surface area contributed by atoms with Gasteiger partial charge in [-0.15, -0.1) is 0 Å². The molecule has 0 unspecified atom stereocenters. The first-order valence-corrected chi connectivity index (χ1v) is 7.40. The van der Waals surface area contributed by atoms with Crippen LogP contribution in [-0.2, 0) is 14.3 Å². The molecule has 0 saturated carbocycles. The molecule has 120 valence electrons. The zero-order valence-electron chi connectivity index (χ0n) is 11.9. The number of halogens is 2. The third kappa shape index (κ3) is 4.42. The molecule has 0 aromatic heterocycles. The molecule has 1 aromatic rings. The summed E-state index contributed by atoms with van der Waals surface area (Å²) in [6.07, 6.45) is 0.872. The van der Waals surface area contributed by atoms with Gasteiger partial charge in [-0.25, -0.2) is 4.39 Å². The monoisotopic (exact) mass is 329 g/mol. The molecule has 1 amide bonds. The van der Waals surface area contributed by atoms with Crippen molar-refractivity contribution in [3.63, 3.8) is 0 Å². The van der Waals surface area contributed by atoms with Gasteiger partial charge in [-0.1, -0.05) is 17.7 Å². The molecule has 1 heterocycles. The number of benzene rings is 1. The van der Waals surface area contributed by atoms with E-state index in [0.29, 0.717) is 31.6 Å². The summed E-state index contributed by atoms with van der Waals surface area (Å²) in [5, 5.41) is 11.6. The molecule has 2 rings (SSSR count). The largest absolute Gasteiger partial charge is 0.481 e. The second-order valence-electron chi connectivity index (χ2n) is 5.22. The first-order valence-electron chi connectivity index (χ1n) is 7.02. The summed E-state index contributed by atoms with van der Waals surface area (Å²) in [6, 6.07) is 3.23. The van der Waals surface area contributed by atoms with Crippen LogP contribution in [0, 0.1) is 11.7 Å². The number of nitrogens with one attached hydrogen (secondary N) is 1. The van der Waals surface area contributed by atoms with E-state index in [-0.39, 0.29) is 23.3 Å². The fourth-order valence-corrected chi connectivity index (χ4v) is 2.52. The van der Waals surface area contributed by atoms with Crippen molar-refractivity contribution in [3.8, 4) is 0 Å². The van der Waals surface area contributed by atoms with Gasteiger partial charge in [0.2, 0.25) is 5.91 Å². The van der Waals surface area contributed by atoms with Crippen LogP contribution in [0.5, 0.6) is 0 Å². The highest BCUT2D eigenvalue weighted by Gasteiger charge is 2.26. The molecule has 22 heavy (non-hydrogen) atoms. The fraction of sp³-hybridized carbons (Fsp3) is 0.467.